The molecule has 0 heteroatoms. The molecule has 1 aliphatic carbocycles. The zero-order chi connectivity index (χ0) is 7.11. The molecule has 1 aliphatic rings. The van der Waals surface area contributed by atoms with E-state index in [-0.39, 0.29) is 7.43 Å². The van der Waals surface area contributed by atoms with Crippen molar-refractivity contribution >= 4 is 0 Å². The molecule has 0 nitrogen and oxygen atoms in total. The summed E-state index contributed by atoms with van der Waals surface area (Å²) in [6.07, 6.45) is 9.84. The summed E-state index contributed by atoms with van der Waals surface area (Å²) in [5.74, 6) is 0.769. The van der Waals surface area contributed by atoms with E-state index in [0.29, 0.717) is 0 Å². The van der Waals surface area contributed by atoms with Crippen LogP contribution < -0.4 is 0 Å². The van der Waals surface area contributed by atoms with Crippen LogP contribution in [0.25, 0.3) is 0 Å². The van der Waals surface area contributed by atoms with Gasteiger partial charge in [0.25, 0.3) is 0 Å². The number of hydrogen-bond donors (Lipinski definition) is 0. The Morgan fingerprint density at radius 3 is 2.00 bits per heavy atom. The zero-order valence-electron chi connectivity index (χ0n) is 6.59. The van der Waals surface area contributed by atoms with E-state index >= 15 is 0 Å². The predicted octanol–water partition coefficient (Wildman–Crippen LogP) is 3.80. The first-order valence-electron chi connectivity index (χ1n) is 3.73. The summed E-state index contributed by atoms with van der Waals surface area (Å²) in [4.78, 5) is 0. The molecule has 0 bridgehead atoms. The van der Waals surface area contributed by atoms with Crippen LogP contribution in [0, 0.1) is 5.92 Å². The first-order valence-corrected chi connectivity index (χ1v) is 3.73. The van der Waals surface area contributed by atoms with Crippen molar-refractivity contribution < 1.29 is 0 Å². The minimum Gasteiger partial charge on any atom is -0.0840 e. The Morgan fingerprint density at radius 2 is 1.80 bits per heavy atom. The molecule has 1 atom stereocenters. The molecule has 1 unspecified atom stereocenters. The monoisotopic (exact) mass is 140 g/mol. The van der Waals surface area contributed by atoms with Crippen molar-refractivity contribution in [3.05, 3.63) is 24.3 Å². The molecule has 0 aromatic rings. The summed E-state index contributed by atoms with van der Waals surface area (Å²) in [7, 11) is 0. The van der Waals surface area contributed by atoms with Gasteiger partial charge in [-0.3, -0.25) is 0 Å². The third-order valence-corrected chi connectivity index (χ3v) is 1.19. The molecule has 0 saturated carbocycles. The molecule has 0 spiro atoms. The van der Waals surface area contributed by atoms with Gasteiger partial charge >= 0.3 is 0 Å². The van der Waals surface area contributed by atoms with Gasteiger partial charge in [-0.25, -0.2) is 0 Å². The van der Waals surface area contributed by atoms with Gasteiger partial charge in [-0.15, -0.1) is 0 Å². The van der Waals surface area contributed by atoms with Gasteiger partial charge in [-0.2, -0.15) is 0 Å². The normalized spacial score (nSPS) is 20.5. The molecule has 0 aliphatic heterocycles. The summed E-state index contributed by atoms with van der Waals surface area (Å²) >= 11 is 0. The first-order chi connectivity index (χ1) is 4.39. The maximum absolute atomic E-state index is 2.22. The molecule has 10 heavy (non-hydrogen) atoms. The summed E-state index contributed by atoms with van der Waals surface area (Å²) < 4.78 is 0. The van der Waals surface area contributed by atoms with Crippen LogP contribution in [0.3, 0.4) is 0 Å². The van der Waals surface area contributed by atoms with Crippen LogP contribution in [0.15, 0.2) is 24.3 Å². The fourth-order valence-electron chi connectivity index (χ4n) is 0.704. The van der Waals surface area contributed by atoms with Crippen LogP contribution in [0.5, 0.6) is 0 Å². The van der Waals surface area contributed by atoms with Gasteiger partial charge in [0.15, 0.2) is 0 Å². The van der Waals surface area contributed by atoms with Crippen molar-refractivity contribution in [2.75, 3.05) is 0 Å². The van der Waals surface area contributed by atoms with Gasteiger partial charge in [0.1, 0.15) is 0 Å². The van der Waals surface area contributed by atoms with E-state index in [9.17, 15) is 0 Å². The highest BCUT2D eigenvalue weighted by molar-refractivity contribution is 5.09. The Balaban J connectivity index is 0. The molecule has 0 heterocycles. The number of allylic oxidation sites excluding steroid dienone is 4. The Morgan fingerprint density at radius 1 is 1.20 bits per heavy atom. The second-order valence-electron chi connectivity index (χ2n) is 2.03. The lowest BCUT2D eigenvalue weighted by Gasteiger charge is -2.02. The smallest absolute Gasteiger partial charge is 0.0224 e. The van der Waals surface area contributed by atoms with Crippen molar-refractivity contribution in [2.24, 2.45) is 5.92 Å². The van der Waals surface area contributed by atoms with Gasteiger partial charge in [0.05, 0.1) is 0 Å². The van der Waals surface area contributed by atoms with Crippen LogP contribution in [0.1, 0.15) is 34.6 Å². The van der Waals surface area contributed by atoms with E-state index in [4.69, 9.17) is 0 Å². The number of rotatable bonds is 0. The molecule has 60 valence electrons. The molecule has 0 N–H and O–H groups in total. The quantitative estimate of drug-likeness (QED) is 0.480. The minimum atomic E-state index is 0. The predicted molar refractivity (Wildman–Crippen MR) is 50.1 cm³/mol. The van der Waals surface area contributed by atoms with Crippen LogP contribution in [0.4, 0.5) is 0 Å². The van der Waals surface area contributed by atoms with Gasteiger partial charge in [-0.05, 0) is 12.3 Å². The highest BCUT2D eigenvalue weighted by Crippen LogP contribution is 2.08. The zero-order valence-corrected chi connectivity index (χ0v) is 6.59. The van der Waals surface area contributed by atoms with Crippen LogP contribution in [-0.2, 0) is 0 Å². The molecule has 0 fully saturated rings. The van der Waals surface area contributed by atoms with E-state index in [0.717, 1.165) is 5.92 Å². The second kappa shape index (κ2) is 8.48. The van der Waals surface area contributed by atoms with E-state index in [1.807, 2.05) is 13.8 Å². The summed E-state index contributed by atoms with van der Waals surface area (Å²) in [6, 6.07) is 0. The Kier molecular flexibility index (Phi) is 10.3. The molecule has 0 radical (unpaired) electrons. The maximum atomic E-state index is 2.22. The van der Waals surface area contributed by atoms with E-state index in [1.165, 1.54) is 6.42 Å². The Labute approximate surface area is 65.7 Å². The van der Waals surface area contributed by atoms with Gasteiger partial charge in [-0.1, -0.05) is 52.5 Å². The molecule has 0 aromatic carbocycles. The van der Waals surface area contributed by atoms with Crippen LogP contribution in [-0.4, -0.2) is 0 Å². The van der Waals surface area contributed by atoms with Crippen LogP contribution in [0.2, 0.25) is 0 Å². The summed E-state index contributed by atoms with van der Waals surface area (Å²) in [5, 5.41) is 0. The Hall–Kier alpha value is -0.520. The second-order valence-corrected chi connectivity index (χ2v) is 2.03. The maximum Gasteiger partial charge on any atom is -0.0224 e. The van der Waals surface area contributed by atoms with Crippen molar-refractivity contribution in [3.63, 3.8) is 0 Å². The highest BCUT2D eigenvalue weighted by atomic mass is 14.0. The lowest BCUT2D eigenvalue weighted by Crippen LogP contribution is -1.87. The lowest BCUT2D eigenvalue weighted by atomic mass is 10.0. The Bertz CT molecular complexity index is 98.6. The molecule has 0 saturated heterocycles. The van der Waals surface area contributed by atoms with Crippen molar-refractivity contribution in [2.45, 2.75) is 34.6 Å². The van der Waals surface area contributed by atoms with E-state index in [2.05, 4.69) is 31.2 Å². The van der Waals surface area contributed by atoms with E-state index < -0.39 is 0 Å². The van der Waals surface area contributed by atoms with Crippen molar-refractivity contribution in [3.8, 4) is 0 Å². The molecule has 1 rings (SSSR count). The fourth-order valence-corrected chi connectivity index (χ4v) is 0.704. The SMILES string of the molecule is C.CC.CC1C=CC=CC1. The fraction of sp³-hybridized carbons (Fsp3) is 0.600. The highest BCUT2D eigenvalue weighted by Gasteiger charge is 1.93. The van der Waals surface area contributed by atoms with Gasteiger partial charge < -0.3 is 0 Å². The average molecular weight is 140 g/mol. The summed E-state index contributed by atoms with van der Waals surface area (Å²) in [5.41, 5.74) is 0. The average Bonchev–Trinajstić information content (AvgIpc) is 1.94. The van der Waals surface area contributed by atoms with Crippen molar-refractivity contribution in [1.29, 1.82) is 0 Å². The summed E-state index contributed by atoms with van der Waals surface area (Å²) in [6.45, 7) is 6.22. The van der Waals surface area contributed by atoms with Crippen molar-refractivity contribution in [1.82, 2.24) is 0 Å². The van der Waals surface area contributed by atoms with Gasteiger partial charge in [0, 0.05) is 0 Å². The third-order valence-electron chi connectivity index (χ3n) is 1.19. The third kappa shape index (κ3) is 5.61. The molecular weight excluding hydrogens is 120 g/mol. The lowest BCUT2D eigenvalue weighted by molar-refractivity contribution is 0.737. The molecular formula is C10H20. The molecule has 0 aromatic heterocycles. The minimum absolute atomic E-state index is 0. The topological polar surface area (TPSA) is 0 Å². The number of hydrogen-bond acceptors (Lipinski definition) is 0. The van der Waals surface area contributed by atoms with Gasteiger partial charge in [0.2, 0.25) is 0 Å². The van der Waals surface area contributed by atoms with E-state index in [1.54, 1.807) is 0 Å². The molecule has 0 amide bonds. The standard InChI is InChI=1S/C7H10.C2H6.CH4/c1-7-5-3-2-4-6-7;1-2;/h2-5,7H,6H2,1H3;1-2H3;1H4. The largest absolute Gasteiger partial charge is 0.0840 e. The van der Waals surface area contributed by atoms with Crippen LogP contribution >= 0.6 is 0 Å². The first kappa shape index (κ1) is 12.2.